The Morgan fingerprint density at radius 3 is 3.00 bits per heavy atom. The summed E-state index contributed by atoms with van der Waals surface area (Å²) in [5.41, 5.74) is 6.50. The van der Waals surface area contributed by atoms with Crippen molar-refractivity contribution in [2.75, 3.05) is 6.54 Å². The first-order chi connectivity index (χ1) is 8.57. The monoisotopic (exact) mass is 378 g/mol. The maximum atomic E-state index is 12.3. The van der Waals surface area contributed by atoms with Crippen molar-refractivity contribution < 1.29 is 4.79 Å². The fraction of sp³-hybridized carbons (Fsp3) is 0.615. The van der Waals surface area contributed by atoms with E-state index in [-0.39, 0.29) is 11.4 Å². The van der Waals surface area contributed by atoms with E-state index in [0.717, 1.165) is 27.7 Å². The molecule has 0 aromatic carbocycles. The molecule has 1 aromatic heterocycles. The lowest BCUT2D eigenvalue weighted by atomic mass is 9.73. The summed E-state index contributed by atoms with van der Waals surface area (Å²) in [7, 11) is 0. The van der Waals surface area contributed by atoms with Gasteiger partial charge in [0.15, 0.2) is 0 Å². The molecule has 3 nitrogen and oxygen atoms in total. The molecule has 5 heteroatoms. The molecule has 100 valence electrons. The number of nitrogens with two attached hydrogens (primary N) is 1. The number of amides is 1. The van der Waals surface area contributed by atoms with Crippen LogP contribution in [0.5, 0.6) is 0 Å². The lowest BCUT2D eigenvalue weighted by molar-refractivity contribution is 0.0813. The number of nitrogens with one attached hydrogen (secondary N) is 1. The highest BCUT2D eigenvalue weighted by Gasteiger charge is 2.38. The molecule has 0 aliphatic heterocycles. The van der Waals surface area contributed by atoms with Crippen LogP contribution in [0.25, 0.3) is 0 Å². The van der Waals surface area contributed by atoms with Crippen molar-refractivity contribution in [3.8, 4) is 0 Å². The zero-order valence-corrected chi connectivity index (χ0v) is 13.5. The van der Waals surface area contributed by atoms with Crippen molar-refractivity contribution >= 4 is 39.8 Å². The summed E-state index contributed by atoms with van der Waals surface area (Å²) in [6.07, 6.45) is 4.55. The molecule has 2 rings (SSSR count). The molecule has 0 radical (unpaired) electrons. The highest BCUT2D eigenvalue weighted by molar-refractivity contribution is 14.1. The Labute approximate surface area is 126 Å². The Morgan fingerprint density at radius 1 is 1.67 bits per heavy atom. The molecule has 1 heterocycles. The van der Waals surface area contributed by atoms with Gasteiger partial charge in [0, 0.05) is 11.9 Å². The third-order valence-corrected chi connectivity index (χ3v) is 5.80. The zero-order valence-electron chi connectivity index (χ0n) is 10.5. The van der Waals surface area contributed by atoms with Gasteiger partial charge >= 0.3 is 0 Å². The average molecular weight is 378 g/mol. The van der Waals surface area contributed by atoms with E-state index in [1.165, 1.54) is 6.42 Å². The minimum atomic E-state index is -0.206. The van der Waals surface area contributed by atoms with E-state index in [1.807, 2.05) is 11.4 Å². The van der Waals surface area contributed by atoms with Gasteiger partial charge in [-0.2, -0.15) is 0 Å². The topological polar surface area (TPSA) is 55.1 Å². The van der Waals surface area contributed by atoms with E-state index in [9.17, 15) is 4.79 Å². The normalized spacial score (nSPS) is 28.1. The van der Waals surface area contributed by atoms with Gasteiger partial charge in [-0.1, -0.05) is 19.8 Å². The van der Waals surface area contributed by atoms with Crippen molar-refractivity contribution in [2.45, 2.75) is 38.1 Å². The Bertz CT molecular complexity index is 434. The predicted octanol–water partition coefficient (Wildman–Crippen LogP) is 2.99. The van der Waals surface area contributed by atoms with Crippen LogP contribution in [-0.2, 0) is 0 Å². The van der Waals surface area contributed by atoms with Crippen LogP contribution in [0.4, 0.5) is 0 Å². The first kappa shape index (κ1) is 14.3. The van der Waals surface area contributed by atoms with Gasteiger partial charge in [-0.15, -0.1) is 11.3 Å². The second-order valence-electron chi connectivity index (χ2n) is 5.10. The van der Waals surface area contributed by atoms with Crippen LogP contribution >= 0.6 is 33.9 Å². The second-order valence-corrected chi connectivity index (χ2v) is 7.91. The first-order valence-electron chi connectivity index (χ1n) is 6.34. The Hall–Kier alpha value is -0.140. The van der Waals surface area contributed by atoms with Gasteiger partial charge in [0.25, 0.3) is 5.91 Å². The van der Waals surface area contributed by atoms with Gasteiger partial charge in [0.05, 0.1) is 14.0 Å². The Kier molecular flexibility index (Phi) is 4.66. The molecule has 18 heavy (non-hydrogen) atoms. The van der Waals surface area contributed by atoms with Crippen LogP contribution in [-0.4, -0.2) is 18.0 Å². The number of halogens is 1. The molecule has 2 atom stereocenters. The van der Waals surface area contributed by atoms with Crippen molar-refractivity contribution in [1.82, 2.24) is 5.32 Å². The second kappa shape index (κ2) is 5.88. The molecule has 0 spiro atoms. The summed E-state index contributed by atoms with van der Waals surface area (Å²) in [5.74, 6) is 0.478. The molecular weight excluding hydrogens is 359 g/mol. The van der Waals surface area contributed by atoms with E-state index in [0.29, 0.717) is 12.5 Å². The SMILES string of the molecule is CC1CCCCC1(CN)NC(=O)c1csc(I)c1. The summed E-state index contributed by atoms with van der Waals surface area (Å²) in [4.78, 5) is 12.3. The molecule has 2 unspecified atom stereocenters. The molecule has 1 fully saturated rings. The highest BCUT2D eigenvalue weighted by atomic mass is 127. The standard InChI is InChI=1S/C13H19IN2OS/c1-9-4-2-3-5-13(9,8-15)16-12(17)10-6-11(14)18-7-10/h6-7,9H,2-5,8,15H2,1H3,(H,16,17). The molecule has 3 N–H and O–H groups in total. The lowest BCUT2D eigenvalue weighted by Crippen LogP contribution is -2.59. The number of rotatable bonds is 3. The van der Waals surface area contributed by atoms with Gasteiger partial charge < -0.3 is 11.1 Å². The van der Waals surface area contributed by atoms with Crippen LogP contribution in [0, 0.1) is 8.80 Å². The van der Waals surface area contributed by atoms with Gasteiger partial charge in [-0.25, -0.2) is 0 Å². The van der Waals surface area contributed by atoms with Crippen LogP contribution in [0.2, 0.25) is 0 Å². The van der Waals surface area contributed by atoms with Gasteiger partial charge in [-0.05, 0) is 47.4 Å². The summed E-state index contributed by atoms with van der Waals surface area (Å²) in [6.45, 7) is 2.73. The van der Waals surface area contributed by atoms with Crippen molar-refractivity contribution in [2.24, 2.45) is 11.7 Å². The first-order valence-corrected chi connectivity index (χ1v) is 8.30. The summed E-state index contributed by atoms with van der Waals surface area (Å²) in [6, 6.07) is 1.93. The molecule has 1 aliphatic rings. The third-order valence-electron chi connectivity index (χ3n) is 4.01. The predicted molar refractivity (Wildman–Crippen MR) is 83.9 cm³/mol. The van der Waals surface area contributed by atoms with Gasteiger partial charge in [-0.3, -0.25) is 4.79 Å². The largest absolute Gasteiger partial charge is 0.345 e. The van der Waals surface area contributed by atoms with Crippen LogP contribution in [0.1, 0.15) is 43.0 Å². The van der Waals surface area contributed by atoms with Crippen molar-refractivity contribution in [3.05, 3.63) is 19.9 Å². The number of carbonyl (C=O) groups excluding carboxylic acids is 1. The smallest absolute Gasteiger partial charge is 0.252 e. The maximum absolute atomic E-state index is 12.3. The minimum absolute atomic E-state index is 0.0216. The van der Waals surface area contributed by atoms with E-state index in [4.69, 9.17) is 5.73 Å². The Morgan fingerprint density at radius 2 is 2.44 bits per heavy atom. The van der Waals surface area contributed by atoms with Crippen LogP contribution in [0.15, 0.2) is 11.4 Å². The molecule has 1 aliphatic carbocycles. The van der Waals surface area contributed by atoms with Gasteiger partial charge in [0.1, 0.15) is 0 Å². The number of carbonyl (C=O) groups is 1. The number of hydrogen-bond acceptors (Lipinski definition) is 3. The highest BCUT2D eigenvalue weighted by Crippen LogP contribution is 2.33. The summed E-state index contributed by atoms with van der Waals surface area (Å²) >= 11 is 3.83. The quantitative estimate of drug-likeness (QED) is 0.795. The van der Waals surface area contributed by atoms with Crippen LogP contribution < -0.4 is 11.1 Å². The zero-order chi connectivity index (χ0) is 13.2. The fourth-order valence-electron chi connectivity index (χ4n) is 2.68. The van der Waals surface area contributed by atoms with E-state index in [1.54, 1.807) is 11.3 Å². The summed E-state index contributed by atoms with van der Waals surface area (Å²) in [5, 5.41) is 5.11. The molecular formula is C13H19IN2OS. The van der Waals surface area contributed by atoms with Crippen molar-refractivity contribution in [3.63, 3.8) is 0 Å². The van der Waals surface area contributed by atoms with E-state index >= 15 is 0 Å². The van der Waals surface area contributed by atoms with E-state index in [2.05, 4.69) is 34.8 Å². The number of hydrogen-bond donors (Lipinski definition) is 2. The molecule has 1 aromatic rings. The fourth-order valence-corrected chi connectivity index (χ4v) is 4.01. The minimum Gasteiger partial charge on any atom is -0.345 e. The molecule has 0 bridgehead atoms. The van der Waals surface area contributed by atoms with Crippen molar-refractivity contribution in [1.29, 1.82) is 0 Å². The van der Waals surface area contributed by atoms with Gasteiger partial charge in [0.2, 0.25) is 0 Å². The molecule has 0 saturated heterocycles. The Balaban J connectivity index is 2.12. The summed E-state index contributed by atoms with van der Waals surface area (Å²) < 4.78 is 1.14. The van der Waals surface area contributed by atoms with Crippen LogP contribution in [0.3, 0.4) is 0 Å². The molecule has 1 saturated carbocycles. The van der Waals surface area contributed by atoms with E-state index < -0.39 is 0 Å². The number of thiophene rings is 1. The molecule has 1 amide bonds. The lowest BCUT2D eigenvalue weighted by Gasteiger charge is -2.42. The average Bonchev–Trinajstić information content (AvgIpc) is 2.79. The third kappa shape index (κ3) is 2.88. The maximum Gasteiger partial charge on any atom is 0.252 e.